The van der Waals surface area contributed by atoms with Gasteiger partial charge in [0.1, 0.15) is 11.9 Å². The zero-order chi connectivity index (χ0) is 29.5. The molecule has 11 heteroatoms. The zero-order valence-electron chi connectivity index (χ0n) is 23.9. The number of aryl methyl sites for hydroxylation is 2. The summed E-state index contributed by atoms with van der Waals surface area (Å²) in [5.74, 6) is 9.80. The van der Waals surface area contributed by atoms with Crippen molar-refractivity contribution in [2.45, 2.75) is 63.9 Å². The summed E-state index contributed by atoms with van der Waals surface area (Å²) >= 11 is 0. The number of ether oxygens (including phenoxy) is 1. The van der Waals surface area contributed by atoms with E-state index < -0.39 is 9.84 Å². The summed E-state index contributed by atoms with van der Waals surface area (Å²) < 4.78 is 33.0. The normalized spacial score (nSPS) is 17.1. The molecule has 4 aromatic rings. The summed E-state index contributed by atoms with van der Waals surface area (Å²) in [6.45, 7) is 13.4. The van der Waals surface area contributed by atoms with Gasteiger partial charge in [-0.05, 0) is 82.8 Å². The maximum atomic E-state index is 13.3. The summed E-state index contributed by atoms with van der Waals surface area (Å²) in [6.07, 6.45) is 3.11. The van der Waals surface area contributed by atoms with Crippen LogP contribution in [0.3, 0.4) is 0 Å². The monoisotopic (exact) mass is 575 g/mol. The largest absolute Gasteiger partial charge is 0.489 e. The molecule has 2 aliphatic rings. The molecule has 1 atom stereocenters. The lowest BCUT2D eigenvalue weighted by Gasteiger charge is -2.27. The average Bonchev–Trinajstić information content (AvgIpc) is 3.55. The van der Waals surface area contributed by atoms with E-state index in [9.17, 15) is 8.42 Å². The van der Waals surface area contributed by atoms with Gasteiger partial charge in [0.2, 0.25) is 9.84 Å². The third kappa shape index (κ3) is 5.03. The van der Waals surface area contributed by atoms with Crippen molar-refractivity contribution < 1.29 is 13.2 Å². The van der Waals surface area contributed by atoms with Crippen LogP contribution in [-0.4, -0.2) is 47.8 Å². The maximum absolute atomic E-state index is 13.3. The Labute approximate surface area is 240 Å². The van der Waals surface area contributed by atoms with Gasteiger partial charge in [0.25, 0.3) is 0 Å². The van der Waals surface area contributed by atoms with E-state index in [-0.39, 0.29) is 15.9 Å². The Morgan fingerprint density at radius 1 is 1.10 bits per heavy atom. The number of hydrazine groups is 1. The fourth-order valence-electron chi connectivity index (χ4n) is 6.06. The van der Waals surface area contributed by atoms with Crippen molar-refractivity contribution in [3.8, 4) is 28.4 Å². The molecule has 2 aliphatic heterocycles. The van der Waals surface area contributed by atoms with Crippen molar-refractivity contribution in [2.75, 3.05) is 13.1 Å². The number of benzene rings is 2. The fraction of sp³-hybridized carbons (Fsp3) is 0.367. The standard InChI is InChI=1S/C30H33N5O3S.H4N2/c1-16(2)39(36,37)24-9-7-6-8-21(24)27-26-19(5)34-35-30(26)33-29(32-27)23-14-17(3)25(20-10-12-31-13-11-20)22-15-18(4)38-28(22)23;1-2/h6-9,14,18,20,31H,1,10-13,15H2,2-5H3,(H,32,33,34,35);1-2H2. The van der Waals surface area contributed by atoms with E-state index >= 15 is 0 Å². The maximum Gasteiger partial charge on any atom is 0.202 e. The molecule has 1 saturated heterocycles. The molecule has 0 amide bonds. The van der Waals surface area contributed by atoms with E-state index in [0.717, 1.165) is 49.4 Å². The van der Waals surface area contributed by atoms with Gasteiger partial charge < -0.3 is 10.1 Å². The molecule has 2 aromatic heterocycles. The number of H-pyrrole nitrogens is 1. The van der Waals surface area contributed by atoms with E-state index in [0.29, 0.717) is 34.0 Å². The minimum absolute atomic E-state index is 0.0540. The first-order valence-corrected chi connectivity index (χ1v) is 15.2. The Morgan fingerprint density at radius 3 is 2.51 bits per heavy atom. The van der Waals surface area contributed by atoms with Gasteiger partial charge in [-0.2, -0.15) is 5.10 Å². The third-order valence-electron chi connectivity index (χ3n) is 7.91. The van der Waals surface area contributed by atoms with Crippen molar-refractivity contribution >= 4 is 20.9 Å². The minimum Gasteiger partial charge on any atom is -0.489 e. The van der Waals surface area contributed by atoms with E-state index in [1.54, 1.807) is 18.2 Å². The smallest absolute Gasteiger partial charge is 0.202 e. The molecule has 6 rings (SSSR count). The number of hydrogen-bond acceptors (Lipinski definition) is 9. The van der Waals surface area contributed by atoms with Crippen molar-refractivity contribution in [1.29, 1.82) is 0 Å². The molecular weight excluding hydrogens is 538 g/mol. The molecule has 0 spiro atoms. The van der Waals surface area contributed by atoms with Crippen molar-refractivity contribution in [2.24, 2.45) is 11.7 Å². The van der Waals surface area contributed by atoms with Crippen molar-refractivity contribution in [1.82, 2.24) is 25.5 Å². The van der Waals surface area contributed by atoms with Crippen molar-refractivity contribution in [3.05, 3.63) is 64.2 Å². The number of sulfone groups is 1. The highest BCUT2D eigenvalue weighted by Gasteiger charge is 2.32. The molecule has 1 fully saturated rings. The van der Waals surface area contributed by atoms with E-state index in [2.05, 4.69) is 53.7 Å². The van der Waals surface area contributed by atoms with Crippen LogP contribution >= 0.6 is 0 Å². The lowest BCUT2D eigenvalue weighted by molar-refractivity contribution is 0.255. The van der Waals surface area contributed by atoms with E-state index in [1.807, 2.05) is 13.0 Å². The van der Waals surface area contributed by atoms with Gasteiger partial charge in [0.15, 0.2) is 11.5 Å². The lowest BCUT2D eigenvalue weighted by atomic mass is 9.82. The second kappa shape index (κ2) is 11.3. The molecule has 2 aromatic carbocycles. The number of hydrogen-bond donors (Lipinski definition) is 4. The van der Waals surface area contributed by atoms with Gasteiger partial charge in [-0.3, -0.25) is 16.8 Å². The molecule has 0 bridgehead atoms. The summed E-state index contributed by atoms with van der Waals surface area (Å²) in [6, 6.07) is 9.04. The number of nitrogens with one attached hydrogen (secondary N) is 2. The molecule has 0 saturated carbocycles. The topological polar surface area (TPSA) is 162 Å². The molecule has 0 aliphatic carbocycles. The van der Waals surface area contributed by atoms with Crippen LogP contribution in [0.1, 0.15) is 55.0 Å². The highest BCUT2D eigenvalue weighted by molar-refractivity contribution is 7.95. The Hall–Kier alpha value is -3.64. The van der Waals surface area contributed by atoms with Crippen LogP contribution in [0.15, 0.2) is 46.7 Å². The number of nitrogens with zero attached hydrogens (tertiary/aromatic N) is 3. The Balaban J connectivity index is 0.00000165. The van der Waals surface area contributed by atoms with E-state index in [1.165, 1.54) is 23.6 Å². The molecule has 0 radical (unpaired) electrons. The lowest BCUT2D eigenvalue weighted by Crippen LogP contribution is -2.27. The predicted molar refractivity (Wildman–Crippen MR) is 161 cm³/mol. The number of rotatable bonds is 5. The summed E-state index contributed by atoms with van der Waals surface area (Å²) in [5.41, 5.74) is 6.92. The van der Waals surface area contributed by atoms with Crippen LogP contribution in [0.4, 0.5) is 0 Å². The van der Waals surface area contributed by atoms with Crippen LogP contribution in [-0.2, 0) is 16.3 Å². The van der Waals surface area contributed by atoms with Gasteiger partial charge in [-0.25, -0.2) is 18.4 Å². The van der Waals surface area contributed by atoms with Gasteiger partial charge in [-0.1, -0.05) is 24.8 Å². The number of fused-ring (bicyclic) bond motifs is 2. The van der Waals surface area contributed by atoms with Gasteiger partial charge >= 0.3 is 0 Å². The van der Waals surface area contributed by atoms with Crippen LogP contribution < -0.4 is 21.7 Å². The molecule has 6 N–H and O–H groups in total. The third-order valence-corrected chi connectivity index (χ3v) is 9.77. The van der Waals surface area contributed by atoms with Crippen LogP contribution in [0.5, 0.6) is 5.75 Å². The van der Waals surface area contributed by atoms with Crippen LogP contribution in [0.2, 0.25) is 0 Å². The number of aromatic amines is 1. The second-order valence-corrected chi connectivity index (χ2v) is 12.9. The summed E-state index contributed by atoms with van der Waals surface area (Å²) in [4.78, 5) is 10.1. The molecule has 4 heterocycles. The minimum atomic E-state index is -3.75. The second-order valence-electron chi connectivity index (χ2n) is 10.8. The molecule has 41 heavy (non-hydrogen) atoms. The van der Waals surface area contributed by atoms with Gasteiger partial charge in [0.05, 0.1) is 21.5 Å². The molecule has 216 valence electrons. The highest BCUT2D eigenvalue weighted by atomic mass is 32.2. The molecule has 10 nitrogen and oxygen atoms in total. The zero-order valence-corrected chi connectivity index (χ0v) is 24.7. The van der Waals surface area contributed by atoms with E-state index in [4.69, 9.17) is 14.7 Å². The predicted octanol–water partition coefficient (Wildman–Crippen LogP) is 4.22. The van der Waals surface area contributed by atoms with Crippen LogP contribution in [0.25, 0.3) is 33.7 Å². The van der Waals surface area contributed by atoms with Gasteiger partial charge in [0, 0.05) is 28.1 Å². The SMILES string of the molecule is C=C(C)S(=O)(=O)c1ccccc1-c1nc(-c2cc(C)c(C3CCNCC3)c3c2OC(C)C3)nc2n[nH]c(C)c12.NN. The summed E-state index contributed by atoms with van der Waals surface area (Å²) in [5, 5.41) is 11.6. The number of piperidine rings is 1. The summed E-state index contributed by atoms with van der Waals surface area (Å²) in [7, 11) is -3.75. The first kappa shape index (κ1) is 28.9. The van der Waals surface area contributed by atoms with Crippen molar-refractivity contribution in [3.63, 3.8) is 0 Å². The van der Waals surface area contributed by atoms with Crippen LogP contribution in [0, 0.1) is 13.8 Å². The Bertz CT molecular complexity index is 1740. The first-order chi connectivity index (χ1) is 19.7. The number of aromatic nitrogens is 4. The van der Waals surface area contributed by atoms with Gasteiger partial charge in [-0.15, -0.1) is 0 Å². The number of allylic oxidation sites excluding steroid dienone is 1. The quantitative estimate of drug-likeness (QED) is 0.202. The Kier molecular flexibility index (Phi) is 7.97. The Morgan fingerprint density at radius 2 is 1.80 bits per heavy atom. The molecule has 1 unspecified atom stereocenters. The molecular formula is C30H37N7O3S. The first-order valence-electron chi connectivity index (χ1n) is 13.8. The fourth-order valence-corrected chi connectivity index (χ4v) is 7.15. The average molecular weight is 576 g/mol. The number of nitrogens with two attached hydrogens (primary N) is 2. The highest BCUT2D eigenvalue weighted by Crippen LogP contribution is 2.46.